The van der Waals surface area contributed by atoms with E-state index >= 15 is 0 Å². The third kappa shape index (κ3) is 3.84. The monoisotopic (exact) mass is 394 g/mol. The number of sulfone groups is 1. The lowest BCUT2D eigenvalue weighted by Gasteiger charge is -2.35. The third-order valence-electron chi connectivity index (χ3n) is 5.03. The van der Waals surface area contributed by atoms with Crippen molar-refractivity contribution in [2.24, 2.45) is 0 Å². The summed E-state index contributed by atoms with van der Waals surface area (Å²) >= 11 is 5.28. The topological polar surface area (TPSA) is 71.6 Å². The quantitative estimate of drug-likeness (QED) is 0.733. The molecule has 2 aliphatic heterocycles. The van der Waals surface area contributed by atoms with Gasteiger partial charge in [0.25, 0.3) is 4.84 Å². The summed E-state index contributed by atoms with van der Waals surface area (Å²) in [7, 11) is -2.97. The molecule has 0 bridgehead atoms. The Kier molecular flexibility index (Phi) is 4.85. The van der Waals surface area contributed by atoms with Gasteiger partial charge in [-0.25, -0.2) is 13.1 Å². The minimum atomic E-state index is -2.97. The summed E-state index contributed by atoms with van der Waals surface area (Å²) in [5, 5.41) is 4.45. The number of rotatable bonds is 4. The minimum Gasteiger partial charge on any atom is -0.414 e. The Morgan fingerprint density at radius 1 is 1.15 bits per heavy atom. The lowest BCUT2D eigenvalue weighted by atomic mass is 10.1. The van der Waals surface area contributed by atoms with Gasteiger partial charge in [0.1, 0.15) is 0 Å². The zero-order chi connectivity index (χ0) is 18.1. The van der Waals surface area contributed by atoms with Crippen LogP contribution in [-0.2, 0) is 16.5 Å². The molecule has 2 aromatic rings. The molecule has 0 spiro atoms. The van der Waals surface area contributed by atoms with Crippen molar-refractivity contribution in [3.8, 4) is 0 Å². The van der Waals surface area contributed by atoms with Crippen molar-refractivity contribution in [1.29, 1.82) is 0 Å². The Bertz CT molecular complexity index is 915. The van der Waals surface area contributed by atoms with E-state index in [4.69, 9.17) is 16.6 Å². The molecule has 0 amide bonds. The highest BCUT2D eigenvalue weighted by Gasteiger charge is 2.33. The highest BCUT2D eigenvalue weighted by molar-refractivity contribution is 7.91. The number of aromatic nitrogens is 2. The van der Waals surface area contributed by atoms with Gasteiger partial charge in [0.2, 0.25) is 5.89 Å². The molecule has 1 atom stereocenters. The molecule has 0 N–H and O–H groups in total. The number of hydrogen-bond acceptors (Lipinski definition) is 7. The van der Waals surface area contributed by atoms with Crippen LogP contribution in [0.5, 0.6) is 0 Å². The van der Waals surface area contributed by atoms with Gasteiger partial charge in [-0.1, -0.05) is 18.2 Å². The van der Waals surface area contributed by atoms with Crippen LogP contribution in [0.1, 0.15) is 18.2 Å². The zero-order valence-electron chi connectivity index (χ0n) is 14.5. The molecule has 3 heterocycles. The van der Waals surface area contributed by atoms with E-state index in [1.807, 2.05) is 6.07 Å². The summed E-state index contributed by atoms with van der Waals surface area (Å²) in [5.41, 5.74) is 1.25. The average molecular weight is 395 g/mol. The minimum absolute atomic E-state index is 0.109. The molecule has 0 radical (unpaired) electrons. The molecule has 26 heavy (non-hydrogen) atoms. The molecule has 2 saturated heterocycles. The zero-order valence-corrected chi connectivity index (χ0v) is 16.1. The maximum absolute atomic E-state index is 11.7. The molecule has 1 aromatic carbocycles. The van der Waals surface area contributed by atoms with Gasteiger partial charge in [-0.15, -0.1) is 5.10 Å². The predicted molar refractivity (Wildman–Crippen MR) is 102 cm³/mol. The van der Waals surface area contributed by atoms with Gasteiger partial charge in [-0.2, -0.15) is 0 Å². The molecule has 7 nitrogen and oxygen atoms in total. The maximum Gasteiger partial charge on any atom is 0.288 e. The number of benzene rings is 1. The molecule has 4 rings (SSSR count). The van der Waals surface area contributed by atoms with E-state index in [9.17, 15) is 8.42 Å². The maximum atomic E-state index is 11.7. The van der Waals surface area contributed by atoms with Gasteiger partial charge in [-0.05, 0) is 30.8 Å². The van der Waals surface area contributed by atoms with Gasteiger partial charge >= 0.3 is 0 Å². The van der Waals surface area contributed by atoms with Gasteiger partial charge in [0, 0.05) is 31.9 Å². The Hall–Kier alpha value is -1.71. The summed E-state index contributed by atoms with van der Waals surface area (Å²) < 4.78 is 30.6. The fourth-order valence-corrected chi connectivity index (χ4v) is 5.46. The van der Waals surface area contributed by atoms with E-state index in [1.54, 1.807) is 4.68 Å². The fourth-order valence-electron chi connectivity index (χ4n) is 3.54. The van der Waals surface area contributed by atoms with Crippen molar-refractivity contribution in [2.75, 3.05) is 42.6 Å². The first-order chi connectivity index (χ1) is 12.5. The smallest absolute Gasteiger partial charge is 0.288 e. The molecule has 0 saturated carbocycles. The second-order valence-electron chi connectivity index (χ2n) is 6.89. The standard InChI is InChI=1S/C17H22N4O3S2/c22-26(23)11-6-14(12-26)16-18-21(17(25)24-16)13-19-7-9-20(10-8-19)15-4-2-1-3-5-15/h1-5,14H,6-13H2/t14-/m0/s1. The first-order valence-electron chi connectivity index (χ1n) is 8.81. The van der Waals surface area contributed by atoms with E-state index in [0.29, 0.717) is 23.8 Å². The lowest BCUT2D eigenvalue weighted by molar-refractivity contribution is 0.192. The molecule has 9 heteroatoms. The second-order valence-corrected chi connectivity index (χ2v) is 9.47. The summed E-state index contributed by atoms with van der Waals surface area (Å²) in [5.74, 6) is 0.601. The Labute approximate surface area is 158 Å². The molecule has 0 unspecified atom stereocenters. The van der Waals surface area contributed by atoms with Crippen molar-refractivity contribution >= 4 is 27.7 Å². The fraction of sp³-hybridized carbons (Fsp3) is 0.529. The van der Waals surface area contributed by atoms with Gasteiger partial charge < -0.3 is 9.32 Å². The van der Waals surface area contributed by atoms with E-state index in [1.165, 1.54) is 5.69 Å². The van der Waals surface area contributed by atoms with Crippen molar-refractivity contribution in [3.63, 3.8) is 0 Å². The molecule has 1 aromatic heterocycles. The van der Waals surface area contributed by atoms with Crippen LogP contribution in [0.4, 0.5) is 5.69 Å². The first kappa shape index (κ1) is 17.7. The van der Waals surface area contributed by atoms with Crippen molar-refractivity contribution < 1.29 is 12.8 Å². The van der Waals surface area contributed by atoms with Crippen LogP contribution in [0.2, 0.25) is 0 Å². The second kappa shape index (κ2) is 7.13. The normalized spacial score (nSPS) is 23.4. The van der Waals surface area contributed by atoms with Crippen LogP contribution in [0.15, 0.2) is 34.7 Å². The molecular formula is C17H22N4O3S2. The van der Waals surface area contributed by atoms with E-state index < -0.39 is 9.84 Å². The SMILES string of the molecule is O=S1(=O)CC[C@H](c2nn(CN3CCN(c4ccccc4)CC3)c(=S)o2)C1. The highest BCUT2D eigenvalue weighted by Crippen LogP contribution is 2.28. The first-order valence-corrected chi connectivity index (χ1v) is 11.0. The average Bonchev–Trinajstić information content (AvgIpc) is 3.19. The van der Waals surface area contributed by atoms with Crippen molar-refractivity contribution in [3.05, 3.63) is 41.1 Å². The number of anilines is 1. The van der Waals surface area contributed by atoms with E-state index in [2.05, 4.69) is 39.2 Å². The summed E-state index contributed by atoms with van der Waals surface area (Å²) in [6, 6.07) is 10.4. The number of nitrogens with zero attached hydrogens (tertiary/aromatic N) is 4. The van der Waals surface area contributed by atoms with Crippen molar-refractivity contribution in [1.82, 2.24) is 14.7 Å². The molecular weight excluding hydrogens is 372 g/mol. The third-order valence-corrected chi connectivity index (χ3v) is 7.09. The number of hydrogen-bond donors (Lipinski definition) is 0. The Morgan fingerprint density at radius 2 is 1.88 bits per heavy atom. The predicted octanol–water partition coefficient (Wildman–Crippen LogP) is 1.89. The largest absolute Gasteiger partial charge is 0.414 e. The summed E-state index contributed by atoms with van der Waals surface area (Å²) in [6.07, 6.45) is 0.563. The van der Waals surface area contributed by atoms with Crippen LogP contribution >= 0.6 is 12.2 Å². The van der Waals surface area contributed by atoms with E-state index in [0.717, 1.165) is 26.2 Å². The van der Waals surface area contributed by atoms with Crippen LogP contribution in [0.25, 0.3) is 0 Å². The summed E-state index contributed by atoms with van der Waals surface area (Å²) in [6.45, 7) is 4.30. The number of piperazine rings is 1. The van der Waals surface area contributed by atoms with Gasteiger partial charge in [-0.3, -0.25) is 4.90 Å². The molecule has 140 valence electrons. The van der Waals surface area contributed by atoms with Gasteiger partial charge in [0.15, 0.2) is 9.84 Å². The molecule has 2 aliphatic rings. The highest BCUT2D eigenvalue weighted by atomic mass is 32.2. The lowest BCUT2D eigenvalue weighted by Crippen LogP contribution is -2.46. The number of para-hydroxylation sites is 1. The Balaban J connectivity index is 1.38. The van der Waals surface area contributed by atoms with Crippen LogP contribution in [0.3, 0.4) is 0 Å². The van der Waals surface area contributed by atoms with Gasteiger partial charge in [0.05, 0.1) is 24.1 Å². The van der Waals surface area contributed by atoms with Crippen LogP contribution in [0, 0.1) is 4.84 Å². The van der Waals surface area contributed by atoms with Crippen LogP contribution < -0.4 is 4.90 Å². The van der Waals surface area contributed by atoms with Crippen molar-refractivity contribution in [2.45, 2.75) is 19.0 Å². The molecule has 2 fully saturated rings. The van der Waals surface area contributed by atoms with Crippen LogP contribution in [-0.4, -0.2) is 60.8 Å². The summed E-state index contributed by atoms with van der Waals surface area (Å²) in [4.78, 5) is 4.97. The van der Waals surface area contributed by atoms with E-state index in [-0.39, 0.29) is 17.4 Å². The molecule has 0 aliphatic carbocycles. The Morgan fingerprint density at radius 3 is 2.54 bits per heavy atom.